The first-order chi connectivity index (χ1) is 7.77. The molecule has 1 aromatic carbocycles. The van der Waals surface area contributed by atoms with E-state index in [-0.39, 0.29) is 11.3 Å². The highest BCUT2D eigenvalue weighted by molar-refractivity contribution is 7.92. The van der Waals surface area contributed by atoms with Crippen LogP contribution in [0.5, 0.6) is 5.75 Å². The molecule has 0 aromatic heterocycles. The average Bonchev–Trinajstić information content (AvgIpc) is 2.25. The number of anilines is 1. The third kappa shape index (κ3) is 2.88. The molecule has 94 valence electrons. The Kier molecular flexibility index (Phi) is 3.62. The molecule has 1 aromatic rings. The van der Waals surface area contributed by atoms with Gasteiger partial charge in [-0.05, 0) is 18.2 Å². The van der Waals surface area contributed by atoms with Crippen molar-refractivity contribution in [3.8, 4) is 5.75 Å². The van der Waals surface area contributed by atoms with E-state index >= 15 is 0 Å². The average molecular weight is 259 g/mol. The van der Waals surface area contributed by atoms with E-state index in [0.717, 1.165) is 10.6 Å². The minimum atomic E-state index is -3.47. The Morgan fingerprint density at radius 3 is 2.41 bits per heavy atom. The molecule has 1 rings (SSSR count). The van der Waals surface area contributed by atoms with Crippen LogP contribution in [0.3, 0.4) is 0 Å². The van der Waals surface area contributed by atoms with Crippen LogP contribution in [0.1, 0.15) is 10.4 Å². The number of aromatic carboxylic acids is 1. The largest absolute Gasteiger partial charge is 0.495 e. The van der Waals surface area contributed by atoms with Crippen LogP contribution >= 0.6 is 0 Å². The van der Waals surface area contributed by atoms with E-state index in [0.29, 0.717) is 5.75 Å². The Hall–Kier alpha value is -1.76. The van der Waals surface area contributed by atoms with Crippen LogP contribution in [0.25, 0.3) is 0 Å². The number of methoxy groups -OCH3 is 1. The predicted octanol–water partition coefficient (Wildman–Crippen LogP) is 0.789. The number of nitrogens with zero attached hydrogens (tertiary/aromatic N) is 1. The van der Waals surface area contributed by atoms with Crippen LogP contribution in [0.4, 0.5) is 5.69 Å². The number of carboxylic acids is 1. The summed E-state index contributed by atoms with van der Waals surface area (Å²) in [7, 11) is -0.754. The van der Waals surface area contributed by atoms with Gasteiger partial charge in [-0.25, -0.2) is 13.2 Å². The monoisotopic (exact) mass is 259 g/mol. The van der Waals surface area contributed by atoms with Crippen molar-refractivity contribution in [2.75, 3.05) is 24.7 Å². The molecular weight excluding hydrogens is 246 g/mol. The summed E-state index contributed by atoms with van der Waals surface area (Å²) in [6.07, 6.45) is 1.03. The van der Waals surface area contributed by atoms with Crippen molar-refractivity contribution in [3.63, 3.8) is 0 Å². The summed E-state index contributed by atoms with van der Waals surface area (Å²) in [6, 6.07) is 4.02. The normalized spacial score (nSPS) is 11.0. The molecule has 0 aliphatic carbocycles. The first kappa shape index (κ1) is 13.3. The van der Waals surface area contributed by atoms with Crippen molar-refractivity contribution in [3.05, 3.63) is 23.8 Å². The molecule has 0 radical (unpaired) electrons. The van der Waals surface area contributed by atoms with Gasteiger partial charge in [0.2, 0.25) is 10.0 Å². The van der Waals surface area contributed by atoms with Gasteiger partial charge in [0.1, 0.15) is 5.75 Å². The summed E-state index contributed by atoms with van der Waals surface area (Å²) < 4.78 is 28.8. The molecule has 6 nitrogen and oxygen atoms in total. The lowest BCUT2D eigenvalue weighted by Crippen LogP contribution is -2.25. The second kappa shape index (κ2) is 4.62. The predicted molar refractivity (Wildman–Crippen MR) is 63.2 cm³/mol. The molecule has 17 heavy (non-hydrogen) atoms. The number of sulfonamides is 1. The number of benzene rings is 1. The topological polar surface area (TPSA) is 83.9 Å². The number of ether oxygens (including phenoxy) is 1. The molecule has 0 saturated carbocycles. The molecule has 0 heterocycles. The van der Waals surface area contributed by atoms with Crippen LogP contribution in [0, 0.1) is 0 Å². The molecule has 0 spiro atoms. The molecular formula is C10H13NO5S. The lowest BCUT2D eigenvalue weighted by molar-refractivity contribution is 0.0697. The molecule has 0 saturated heterocycles. The first-order valence-corrected chi connectivity index (χ1v) is 6.47. The Morgan fingerprint density at radius 2 is 2.00 bits per heavy atom. The molecule has 0 aliphatic rings. The van der Waals surface area contributed by atoms with Gasteiger partial charge in [-0.2, -0.15) is 0 Å². The zero-order valence-electron chi connectivity index (χ0n) is 9.67. The van der Waals surface area contributed by atoms with E-state index in [9.17, 15) is 13.2 Å². The maximum atomic E-state index is 11.4. The summed E-state index contributed by atoms with van der Waals surface area (Å²) in [5.41, 5.74) is 0.186. The van der Waals surface area contributed by atoms with Crippen molar-refractivity contribution < 1.29 is 23.1 Å². The SMILES string of the molecule is COc1ccc(C(=O)O)cc1N(C)S(C)(=O)=O. The molecule has 0 bridgehead atoms. The van der Waals surface area contributed by atoms with Crippen molar-refractivity contribution in [2.45, 2.75) is 0 Å². The number of rotatable bonds is 4. The highest BCUT2D eigenvalue weighted by Crippen LogP contribution is 2.29. The van der Waals surface area contributed by atoms with E-state index in [4.69, 9.17) is 9.84 Å². The van der Waals surface area contributed by atoms with Crippen LogP contribution in [-0.4, -0.2) is 39.9 Å². The van der Waals surface area contributed by atoms with E-state index in [1.165, 1.54) is 32.4 Å². The lowest BCUT2D eigenvalue weighted by atomic mass is 10.2. The maximum Gasteiger partial charge on any atom is 0.335 e. The lowest BCUT2D eigenvalue weighted by Gasteiger charge is -2.19. The second-order valence-corrected chi connectivity index (χ2v) is 5.44. The summed E-state index contributed by atoms with van der Waals surface area (Å²) in [6.45, 7) is 0. The van der Waals surface area contributed by atoms with Gasteiger partial charge in [0.05, 0.1) is 24.6 Å². The fraction of sp³-hybridized carbons (Fsp3) is 0.300. The van der Waals surface area contributed by atoms with E-state index in [1.807, 2.05) is 0 Å². The zero-order valence-corrected chi connectivity index (χ0v) is 10.5. The number of hydrogen-bond donors (Lipinski definition) is 1. The first-order valence-electron chi connectivity index (χ1n) is 4.62. The van der Waals surface area contributed by atoms with Gasteiger partial charge in [0.25, 0.3) is 0 Å². The summed E-state index contributed by atoms with van der Waals surface area (Å²) in [5, 5.41) is 8.85. The molecule has 0 aliphatic heterocycles. The van der Waals surface area contributed by atoms with Crippen LogP contribution < -0.4 is 9.04 Å². The smallest absolute Gasteiger partial charge is 0.335 e. The molecule has 0 amide bonds. The number of hydrogen-bond acceptors (Lipinski definition) is 4. The standard InChI is InChI=1S/C10H13NO5S/c1-11(17(3,14)15)8-6-7(10(12)13)4-5-9(8)16-2/h4-6H,1-3H3,(H,12,13). The van der Waals surface area contributed by atoms with E-state index < -0.39 is 16.0 Å². The molecule has 1 N–H and O–H groups in total. The Morgan fingerprint density at radius 1 is 1.41 bits per heavy atom. The number of carbonyl (C=O) groups is 1. The highest BCUT2D eigenvalue weighted by atomic mass is 32.2. The van der Waals surface area contributed by atoms with Crippen LogP contribution in [0.2, 0.25) is 0 Å². The van der Waals surface area contributed by atoms with Crippen LogP contribution in [0.15, 0.2) is 18.2 Å². The van der Waals surface area contributed by atoms with Gasteiger partial charge < -0.3 is 9.84 Å². The summed E-state index contributed by atoms with van der Waals surface area (Å²) >= 11 is 0. The van der Waals surface area contributed by atoms with Gasteiger partial charge in [-0.15, -0.1) is 0 Å². The molecule has 0 fully saturated rings. The minimum Gasteiger partial charge on any atom is -0.495 e. The van der Waals surface area contributed by atoms with Crippen molar-refractivity contribution >= 4 is 21.7 Å². The van der Waals surface area contributed by atoms with E-state index in [2.05, 4.69) is 0 Å². The van der Waals surface area contributed by atoms with Gasteiger partial charge in [-0.1, -0.05) is 0 Å². The quantitative estimate of drug-likeness (QED) is 0.864. The molecule has 0 atom stereocenters. The van der Waals surface area contributed by atoms with Crippen molar-refractivity contribution in [1.29, 1.82) is 0 Å². The zero-order chi connectivity index (χ0) is 13.2. The Labute approximate surface area is 99.5 Å². The van der Waals surface area contributed by atoms with E-state index in [1.54, 1.807) is 0 Å². The maximum absolute atomic E-state index is 11.4. The molecule has 0 unspecified atom stereocenters. The number of carboxylic acid groups (broad SMARTS) is 1. The third-order valence-corrected chi connectivity index (χ3v) is 3.45. The second-order valence-electron chi connectivity index (χ2n) is 3.42. The van der Waals surface area contributed by atoms with Crippen LogP contribution in [-0.2, 0) is 10.0 Å². The van der Waals surface area contributed by atoms with Gasteiger partial charge >= 0.3 is 5.97 Å². The van der Waals surface area contributed by atoms with Gasteiger partial charge in [0, 0.05) is 7.05 Å². The minimum absolute atomic E-state index is 0.00343. The highest BCUT2D eigenvalue weighted by Gasteiger charge is 2.18. The van der Waals surface area contributed by atoms with Crippen molar-refractivity contribution in [1.82, 2.24) is 0 Å². The summed E-state index contributed by atoms with van der Waals surface area (Å²) in [4.78, 5) is 10.8. The van der Waals surface area contributed by atoms with Crippen molar-refractivity contribution in [2.24, 2.45) is 0 Å². The van der Waals surface area contributed by atoms with Gasteiger partial charge in [0.15, 0.2) is 0 Å². The third-order valence-electron chi connectivity index (χ3n) is 2.26. The Bertz CT molecular complexity index is 538. The summed E-state index contributed by atoms with van der Waals surface area (Å²) in [5.74, 6) is -0.835. The fourth-order valence-corrected chi connectivity index (χ4v) is 1.75. The Balaban J connectivity index is 3.38. The molecule has 7 heteroatoms. The van der Waals surface area contributed by atoms with Gasteiger partial charge in [-0.3, -0.25) is 4.31 Å². The fourth-order valence-electron chi connectivity index (χ4n) is 1.25.